The molecular formula is C9H21NOSi. The Labute approximate surface area is 76.9 Å². The Morgan fingerprint density at radius 1 is 1.42 bits per heavy atom. The van der Waals surface area contributed by atoms with Gasteiger partial charge in [0.1, 0.15) is 0 Å². The smallest absolute Gasteiger partial charge is 0.0619 e. The van der Waals surface area contributed by atoms with Crippen LogP contribution in [-0.2, 0) is 4.74 Å². The minimum absolute atomic E-state index is 0.630. The van der Waals surface area contributed by atoms with Crippen molar-refractivity contribution in [2.24, 2.45) is 0 Å². The van der Waals surface area contributed by atoms with Gasteiger partial charge in [0, 0.05) is 12.6 Å². The molecule has 72 valence electrons. The molecule has 1 aliphatic heterocycles. The summed E-state index contributed by atoms with van der Waals surface area (Å²) in [6, 6.07) is 0.630. The lowest BCUT2D eigenvalue weighted by atomic mass is 10.3. The van der Waals surface area contributed by atoms with Crippen molar-refractivity contribution in [1.29, 1.82) is 0 Å². The zero-order valence-corrected chi connectivity index (χ0v) is 9.76. The summed E-state index contributed by atoms with van der Waals surface area (Å²) in [6.07, 6.45) is 1.32. The lowest BCUT2D eigenvalue weighted by Gasteiger charge is -2.36. The molecule has 1 atom stereocenters. The highest BCUT2D eigenvalue weighted by molar-refractivity contribution is 6.76. The van der Waals surface area contributed by atoms with E-state index in [4.69, 9.17) is 4.74 Å². The Bertz CT molecular complexity index is 144. The lowest BCUT2D eigenvalue weighted by molar-refractivity contribution is 0.00787. The van der Waals surface area contributed by atoms with E-state index in [2.05, 4.69) is 31.5 Å². The monoisotopic (exact) mass is 187 g/mol. The fourth-order valence-electron chi connectivity index (χ4n) is 1.61. The number of hydrogen-bond donors (Lipinski definition) is 0. The van der Waals surface area contributed by atoms with Crippen molar-refractivity contribution in [2.45, 2.75) is 32.6 Å². The van der Waals surface area contributed by atoms with Crippen molar-refractivity contribution in [1.82, 2.24) is 4.90 Å². The molecule has 0 aromatic rings. The van der Waals surface area contributed by atoms with Gasteiger partial charge in [-0.1, -0.05) is 19.6 Å². The fraction of sp³-hybridized carbons (Fsp3) is 1.00. The molecule has 1 fully saturated rings. The molecule has 2 nitrogen and oxygen atoms in total. The van der Waals surface area contributed by atoms with Crippen LogP contribution < -0.4 is 0 Å². The Hall–Kier alpha value is 0.137. The van der Waals surface area contributed by atoms with Crippen LogP contribution in [0.15, 0.2) is 0 Å². The van der Waals surface area contributed by atoms with E-state index in [0.29, 0.717) is 6.04 Å². The van der Waals surface area contributed by atoms with Gasteiger partial charge in [0.2, 0.25) is 0 Å². The molecule has 0 aromatic heterocycles. The van der Waals surface area contributed by atoms with Gasteiger partial charge < -0.3 is 4.74 Å². The highest BCUT2D eigenvalue weighted by Gasteiger charge is 2.24. The van der Waals surface area contributed by atoms with Crippen LogP contribution in [0.4, 0.5) is 0 Å². The first kappa shape index (κ1) is 10.2. The molecule has 0 amide bonds. The molecular weight excluding hydrogens is 166 g/mol. The molecule has 1 rings (SSSR count). The van der Waals surface area contributed by atoms with Crippen LogP contribution in [0.25, 0.3) is 0 Å². The Morgan fingerprint density at radius 3 is 2.58 bits per heavy atom. The van der Waals surface area contributed by atoms with Gasteiger partial charge >= 0.3 is 0 Å². The zero-order valence-electron chi connectivity index (χ0n) is 8.76. The molecule has 0 radical (unpaired) electrons. The van der Waals surface area contributed by atoms with Crippen LogP contribution >= 0.6 is 0 Å². The highest BCUT2D eigenvalue weighted by Crippen LogP contribution is 2.11. The number of nitrogens with zero attached hydrogens (tertiary/aromatic N) is 1. The van der Waals surface area contributed by atoms with E-state index in [0.717, 1.165) is 19.8 Å². The van der Waals surface area contributed by atoms with Crippen molar-refractivity contribution in [2.75, 3.05) is 25.9 Å². The minimum Gasteiger partial charge on any atom is -0.379 e. The van der Waals surface area contributed by atoms with Crippen LogP contribution in [0.1, 0.15) is 6.92 Å². The van der Waals surface area contributed by atoms with Crippen molar-refractivity contribution in [3.63, 3.8) is 0 Å². The predicted octanol–water partition coefficient (Wildman–Crippen LogP) is 1.58. The van der Waals surface area contributed by atoms with Gasteiger partial charge in [0.25, 0.3) is 0 Å². The highest BCUT2D eigenvalue weighted by atomic mass is 28.3. The maximum atomic E-state index is 5.40. The SMILES string of the molecule is CC1COCCN1C[Si](C)(C)C. The summed E-state index contributed by atoms with van der Waals surface area (Å²) in [7, 11) is -0.916. The zero-order chi connectivity index (χ0) is 9.19. The topological polar surface area (TPSA) is 12.5 Å². The van der Waals surface area contributed by atoms with Crippen LogP contribution in [-0.4, -0.2) is 44.9 Å². The summed E-state index contributed by atoms with van der Waals surface area (Å²) in [5, 5.41) is 0. The number of hydrogen-bond acceptors (Lipinski definition) is 2. The van der Waals surface area contributed by atoms with Crippen molar-refractivity contribution < 1.29 is 4.74 Å². The molecule has 0 aliphatic carbocycles. The number of rotatable bonds is 2. The Balaban J connectivity index is 2.39. The number of ether oxygens (including phenoxy) is 1. The molecule has 0 N–H and O–H groups in total. The maximum absolute atomic E-state index is 5.40. The van der Waals surface area contributed by atoms with Gasteiger partial charge in [-0.3, -0.25) is 4.90 Å². The average molecular weight is 187 g/mol. The summed E-state index contributed by atoms with van der Waals surface area (Å²) < 4.78 is 5.40. The van der Waals surface area contributed by atoms with E-state index in [1.165, 1.54) is 6.17 Å². The quantitative estimate of drug-likeness (QED) is 0.609. The van der Waals surface area contributed by atoms with Crippen molar-refractivity contribution in [3.8, 4) is 0 Å². The average Bonchev–Trinajstić information content (AvgIpc) is 1.91. The van der Waals surface area contributed by atoms with E-state index < -0.39 is 8.07 Å². The maximum Gasteiger partial charge on any atom is 0.0619 e. The molecule has 0 spiro atoms. The largest absolute Gasteiger partial charge is 0.379 e. The first-order chi connectivity index (χ1) is 5.49. The molecule has 1 aliphatic rings. The van der Waals surface area contributed by atoms with Gasteiger partial charge in [-0.15, -0.1) is 0 Å². The van der Waals surface area contributed by atoms with Gasteiger partial charge in [-0.05, 0) is 13.1 Å². The van der Waals surface area contributed by atoms with Crippen LogP contribution in [0.5, 0.6) is 0 Å². The second kappa shape index (κ2) is 3.90. The normalized spacial score (nSPS) is 27.5. The third-order valence-electron chi connectivity index (χ3n) is 2.18. The molecule has 0 saturated carbocycles. The minimum atomic E-state index is -0.916. The summed E-state index contributed by atoms with van der Waals surface area (Å²) in [5.74, 6) is 0. The van der Waals surface area contributed by atoms with Gasteiger partial charge in [0.05, 0.1) is 21.3 Å². The lowest BCUT2D eigenvalue weighted by Crippen LogP contribution is -2.50. The second-order valence-corrected chi connectivity index (χ2v) is 10.4. The van der Waals surface area contributed by atoms with Gasteiger partial charge in [0.15, 0.2) is 0 Å². The number of morpholine rings is 1. The van der Waals surface area contributed by atoms with E-state index in [-0.39, 0.29) is 0 Å². The molecule has 12 heavy (non-hydrogen) atoms. The van der Waals surface area contributed by atoms with Crippen LogP contribution in [0, 0.1) is 0 Å². The van der Waals surface area contributed by atoms with E-state index in [9.17, 15) is 0 Å². The first-order valence-corrected chi connectivity index (χ1v) is 8.51. The van der Waals surface area contributed by atoms with E-state index >= 15 is 0 Å². The molecule has 1 unspecified atom stereocenters. The van der Waals surface area contributed by atoms with Crippen LogP contribution in [0.2, 0.25) is 19.6 Å². The third kappa shape index (κ3) is 3.25. The van der Waals surface area contributed by atoms with E-state index in [1.54, 1.807) is 0 Å². The molecule has 0 bridgehead atoms. The fourth-order valence-corrected chi connectivity index (χ4v) is 3.29. The third-order valence-corrected chi connectivity index (χ3v) is 3.54. The molecule has 0 aromatic carbocycles. The van der Waals surface area contributed by atoms with E-state index in [1.807, 2.05) is 0 Å². The van der Waals surface area contributed by atoms with Crippen LogP contribution in [0.3, 0.4) is 0 Å². The summed E-state index contributed by atoms with van der Waals surface area (Å²) in [6.45, 7) is 12.5. The Morgan fingerprint density at radius 2 is 2.08 bits per heavy atom. The van der Waals surface area contributed by atoms with Gasteiger partial charge in [-0.2, -0.15) is 0 Å². The molecule has 1 saturated heterocycles. The second-order valence-electron chi connectivity index (χ2n) is 4.96. The first-order valence-electron chi connectivity index (χ1n) is 4.81. The summed E-state index contributed by atoms with van der Waals surface area (Å²) in [5.41, 5.74) is 0. The van der Waals surface area contributed by atoms with Crippen molar-refractivity contribution >= 4 is 8.07 Å². The summed E-state index contributed by atoms with van der Waals surface area (Å²) in [4.78, 5) is 2.58. The molecule has 3 heteroatoms. The van der Waals surface area contributed by atoms with Crippen molar-refractivity contribution in [3.05, 3.63) is 0 Å². The summed E-state index contributed by atoms with van der Waals surface area (Å²) >= 11 is 0. The standard InChI is InChI=1S/C9H21NOSi/c1-9-7-11-6-5-10(9)8-12(2,3)4/h9H,5-8H2,1-4H3. The molecule has 1 heterocycles. The Kier molecular flexibility index (Phi) is 3.32. The predicted molar refractivity (Wildman–Crippen MR) is 55.2 cm³/mol. The van der Waals surface area contributed by atoms with Gasteiger partial charge in [-0.25, -0.2) is 0 Å².